The van der Waals surface area contributed by atoms with Crippen LogP contribution in [0.3, 0.4) is 0 Å². The van der Waals surface area contributed by atoms with Crippen molar-refractivity contribution in [3.05, 3.63) is 117 Å². The number of aryl methyl sites for hydroxylation is 1. The monoisotopic (exact) mass is 633 g/mol. The van der Waals surface area contributed by atoms with Crippen LogP contribution in [0.15, 0.2) is 77.5 Å². The van der Waals surface area contributed by atoms with Crippen LogP contribution < -0.4 is 11.1 Å². The zero-order valence-electron chi connectivity index (χ0n) is 26.0. The summed E-state index contributed by atoms with van der Waals surface area (Å²) in [6.07, 6.45) is 0.904. The van der Waals surface area contributed by atoms with Gasteiger partial charge in [-0.25, -0.2) is 13.6 Å². The number of thiophene rings is 1. The third kappa shape index (κ3) is 9.78. The highest BCUT2D eigenvalue weighted by Gasteiger charge is 2.25. The first-order valence-electron chi connectivity index (χ1n) is 15.3. The van der Waals surface area contributed by atoms with Crippen LogP contribution in [0.2, 0.25) is 0 Å². The van der Waals surface area contributed by atoms with Crippen LogP contribution in [0.1, 0.15) is 64.1 Å². The SMILES string of the molecule is CCCN(CCC)C(=O)c1cc(C)cc(C(=O)O[C@H](CNCc2cccc(-c3ccsc3)c2)[C@@H](N)Cc2cc(F)cc(F)c2)c1. The number of hydrogen-bond donors (Lipinski definition) is 2. The zero-order valence-corrected chi connectivity index (χ0v) is 26.8. The smallest absolute Gasteiger partial charge is 0.338 e. The third-order valence-electron chi connectivity index (χ3n) is 7.42. The lowest BCUT2D eigenvalue weighted by molar-refractivity contribution is 0.0238. The van der Waals surface area contributed by atoms with E-state index < -0.39 is 29.7 Å². The molecule has 3 N–H and O–H groups in total. The summed E-state index contributed by atoms with van der Waals surface area (Å²) in [5, 5.41) is 7.46. The van der Waals surface area contributed by atoms with Crippen molar-refractivity contribution in [2.24, 2.45) is 5.73 Å². The molecular formula is C36H41F2N3O3S. The first-order chi connectivity index (χ1) is 21.7. The standard InChI is InChI=1S/C36H41F2N3O3S/c1-4-10-41(11-5-2)35(42)29-13-24(3)14-30(19-29)36(43)44-34(33(39)18-26-16-31(37)20-32(38)17-26)22-40-21-25-7-6-8-27(15-25)28-9-12-45-23-28/h6-9,12-17,19-20,23,33-34,40H,4-5,10-11,18,21-22,39H2,1-3H3/t33-,34+/m0/s1. The van der Waals surface area contributed by atoms with Gasteiger partial charge in [-0.05, 0) is 107 Å². The molecule has 238 valence electrons. The molecule has 1 heterocycles. The summed E-state index contributed by atoms with van der Waals surface area (Å²) < 4.78 is 33.8. The number of carbonyl (C=O) groups is 2. The highest BCUT2D eigenvalue weighted by atomic mass is 32.1. The quantitative estimate of drug-likeness (QED) is 0.136. The van der Waals surface area contributed by atoms with E-state index in [2.05, 4.69) is 28.9 Å². The van der Waals surface area contributed by atoms with Gasteiger partial charge in [0.15, 0.2) is 0 Å². The summed E-state index contributed by atoms with van der Waals surface area (Å²) in [5.41, 5.74) is 11.6. The van der Waals surface area contributed by atoms with Crippen molar-refractivity contribution in [2.75, 3.05) is 19.6 Å². The minimum atomic E-state index is -0.833. The number of carbonyl (C=O) groups excluding carboxylic acids is 2. The lowest BCUT2D eigenvalue weighted by Crippen LogP contribution is -2.46. The third-order valence-corrected chi connectivity index (χ3v) is 8.10. The molecule has 0 spiro atoms. The van der Waals surface area contributed by atoms with Gasteiger partial charge in [0.05, 0.1) is 5.56 Å². The fraction of sp³-hybridized carbons (Fsp3) is 0.333. The molecule has 0 radical (unpaired) electrons. The van der Waals surface area contributed by atoms with Crippen LogP contribution >= 0.6 is 11.3 Å². The highest BCUT2D eigenvalue weighted by Crippen LogP contribution is 2.23. The van der Waals surface area contributed by atoms with E-state index in [0.29, 0.717) is 30.8 Å². The molecule has 1 aromatic heterocycles. The van der Waals surface area contributed by atoms with Crippen LogP contribution in [-0.4, -0.2) is 48.6 Å². The van der Waals surface area contributed by atoms with Crippen molar-refractivity contribution in [1.29, 1.82) is 0 Å². The van der Waals surface area contributed by atoms with Crippen LogP contribution in [-0.2, 0) is 17.7 Å². The van der Waals surface area contributed by atoms with Crippen LogP contribution in [0.25, 0.3) is 11.1 Å². The van der Waals surface area contributed by atoms with Crippen LogP contribution in [0, 0.1) is 18.6 Å². The first-order valence-corrected chi connectivity index (χ1v) is 16.3. The summed E-state index contributed by atoms with van der Waals surface area (Å²) in [5.74, 6) is -2.17. The number of ether oxygens (including phenoxy) is 1. The van der Waals surface area contributed by atoms with E-state index >= 15 is 0 Å². The average Bonchev–Trinajstić information content (AvgIpc) is 3.55. The minimum Gasteiger partial charge on any atom is -0.456 e. The number of rotatable bonds is 15. The predicted molar refractivity (Wildman–Crippen MR) is 176 cm³/mol. The Hall–Kier alpha value is -3.92. The van der Waals surface area contributed by atoms with Gasteiger partial charge in [-0.1, -0.05) is 32.0 Å². The molecular weight excluding hydrogens is 592 g/mol. The Morgan fingerprint density at radius 1 is 0.911 bits per heavy atom. The van der Waals surface area contributed by atoms with Gasteiger partial charge in [0, 0.05) is 43.9 Å². The summed E-state index contributed by atoms with van der Waals surface area (Å²) in [6.45, 7) is 7.80. The van der Waals surface area contributed by atoms with Gasteiger partial charge in [-0.3, -0.25) is 4.79 Å². The number of esters is 1. The van der Waals surface area contributed by atoms with E-state index in [-0.39, 0.29) is 24.4 Å². The minimum absolute atomic E-state index is 0.0858. The second-order valence-corrected chi connectivity index (χ2v) is 12.1. The molecule has 2 atom stereocenters. The van der Waals surface area contributed by atoms with E-state index in [4.69, 9.17) is 10.5 Å². The molecule has 9 heteroatoms. The van der Waals surface area contributed by atoms with Gasteiger partial charge in [0.2, 0.25) is 0 Å². The molecule has 0 aliphatic carbocycles. The van der Waals surface area contributed by atoms with Crippen LogP contribution in [0.5, 0.6) is 0 Å². The first kappa shape index (κ1) is 34.0. The number of nitrogens with one attached hydrogen (secondary N) is 1. The molecule has 0 saturated carbocycles. The fourth-order valence-corrected chi connectivity index (χ4v) is 5.99. The number of nitrogens with zero attached hydrogens (tertiary/aromatic N) is 1. The topological polar surface area (TPSA) is 84.7 Å². The van der Waals surface area contributed by atoms with Gasteiger partial charge in [0.25, 0.3) is 5.91 Å². The van der Waals surface area contributed by atoms with E-state index in [1.54, 1.807) is 34.4 Å². The fourth-order valence-electron chi connectivity index (χ4n) is 5.33. The van der Waals surface area contributed by atoms with Gasteiger partial charge in [-0.2, -0.15) is 11.3 Å². The van der Waals surface area contributed by atoms with Gasteiger partial charge in [0.1, 0.15) is 17.7 Å². The highest BCUT2D eigenvalue weighted by molar-refractivity contribution is 7.08. The molecule has 45 heavy (non-hydrogen) atoms. The van der Waals surface area contributed by atoms with Crippen molar-refractivity contribution in [1.82, 2.24) is 10.2 Å². The number of benzene rings is 3. The molecule has 0 unspecified atom stereocenters. The Balaban J connectivity index is 1.52. The molecule has 3 aromatic carbocycles. The van der Waals surface area contributed by atoms with E-state index in [0.717, 1.165) is 41.2 Å². The number of hydrogen-bond acceptors (Lipinski definition) is 6. The Bertz CT molecular complexity index is 1550. The molecule has 4 aromatic rings. The molecule has 6 nitrogen and oxygen atoms in total. The molecule has 1 amide bonds. The number of nitrogens with two attached hydrogens (primary N) is 1. The molecule has 4 rings (SSSR count). The van der Waals surface area contributed by atoms with Crippen molar-refractivity contribution in [3.63, 3.8) is 0 Å². The number of halogens is 2. The number of amides is 1. The van der Waals surface area contributed by atoms with E-state index in [1.165, 1.54) is 12.1 Å². The molecule has 0 saturated heterocycles. The average molecular weight is 634 g/mol. The van der Waals surface area contributed by atoms with Gasteiger partial charge in [-0.15, -0.1) is 0 Å². The van der Waals surface area contributed by atoms with Crippen molar-refractivity contribution < 1.29 is 23.1 Å². The van der Waals surface area contributed by atoms with Crippen molar-refractivity contribution in [2.45, 2.75) is 58.7 Å². The summed E-state index contributed by atoms with van der Waals surface area (Å²) >= 11 is 1.63. The second kappa shape index (κ2) is 16.4. The summed E-state index contributed by atoms with van der Waals surface area (Å²) in [4.78, 5) is 28.6. The van der Waals surface area contributed by atoms with Crippen molar-refractivity contribution >= 4 is 23.2 Å². The van der Waals surface area contributed by atoms with Gasteiger partial charge >= 0.3 is 5.97 Å². The molecule has 0 bridgehead atoms. The summed E-state index contributed by atoms with van der Waals surface area (Å²) in [7, 11) is 0. The Morgan fingerprint density at radius 3 is 2.29 bits per heavy atom. The summed E-state index contributed by atoms with van der Waals surface area (Å²) in [6, 6.07) is 17.7. The zero-order chi connectivity index (χ0) is 32.3. The van der Waals surface area contributed by atoms with E-state index in [9.17, 15) is 18.4 Å². The lowest BCUT2D eigenvalue weighted by atomic mass is 10.0. The normalized spacial score (nSPS) is 12.5. The maximum atomic E-state index is 13.9. The Labute approximate surface area is 268 Å². The maximum absolute atomic E-state index is 13.9. The molecule has 0 fully saturated rings. The molecule has 0 aliphatic heterocycles. The van der Waals surface area contributed by atoms with Crippen LogP contribution in [0.4, 0.5) is 8.78 Å². The molecule has 0 aliphatic rings. The van der Waals surface area contributed by atoms with Crippen molar-refractivity contribution in [3.8, 4) is 11.1 Å². The Kier molecular flexibility index (Phi) is 12.4. The second-order valence-electron chi connectivity index (χ2n) is 11.3. The van der Waals surface area contributed by atoms with E-state index in [1.807, 2.05) is 38.3 Å². The maximum Gasteiger partial charge on any atom is 0.338 e. The lowest BCUT2D eigenvalue weighted by Gasteiger charge is -2.25. The Morgan fingerprint density at radius 2 is 1.62 bits per heavy atom. The largest absolute Gasteiger partial charge is 0.456 e. The van der Waals surface area contributed by atoms with Gasteiger partial charge < -0.3 is 20.7 Å². The predicted octanol–water partition coefficient (Wildman–Crippen LogP) is 7.15.